The Hall–Kier alpha value is -1.20. The largest absolute Gasteiger partial charge is 0.304 e. The zero-order valence-electron chi connectivity index (χ0n) is 11.4. The van der Waals surface area contributed by atoms with E-state index < -0.39 is 0 Å². The van der Waals surface area contributed by atoms with Crippen LogP contribution < -0.4 is 5.32 Å². The van der Waals surface area contributed by atoms with Crippen molar-refractivity contribution < 1.29 is 0 Å². The fourth-order valence-electron chi connectivity index (χ4n) is 1.75. The van der Waals surface area contributed by atoms with E-state index in [1.807, 2.05) is 24.1 Å². The Bertz CT molecular complexity index is 515. The first-order valence-electron chi connectivity index (χ1n) is 6.27. The number of aryl methyl sites for hydroxylation is 2. The third-order valence-electron chi connectivity index (χ3n) is 3.23. The van der Waals surface area contributed by atoms with Gasteiger partial charge in [-0.15, -0.1) is 11.3 Å². The lowest BCUT2D eigenvalue weighted by Gasteiger charge is -2.10. The van der Waals surface area contributed by atoms with Crippen molar-refractivity contribution in [2.75, 3.05) is 0 Å². The number of nitrogens with one attached hydrogen (secondary N) is 1. The molecule has 1 N–H and O–H groups in total. The van der Waals surface area contributed by atoms with Gasteiger partial charge in [0, 0.05) is 35.9 Å². The van der Waals surface area contributed by atoms with E-state index >= 15 is 0 Å². The van der Waals surface area contributed by atoms with Crippen molar-refractivity contribution in [1.29, 1.82) is 0 Å². The predicted molar refractivity (Wildman–Crippen MR) is 74.7 cm³/mol. The van der Waals surface area contributed by atoms with Crippen molar-refractivity contribution in [3.05, 3.63) is 33.5 Å². The Labute approximate surface area is 112 Å². The molecule has 0 radical (unpaired) electrons. The molecular formula is C13H20N4S. The minimum Gasteiger partial charge on any atom is -0.304 e. The van der Waals surface area contributed by atoms with Crippen LogP contribution in [0.1, 0.15) is 41.0 Å². The van der Waals surface area contributed by atoms with Gasteiger partial charge in [-0.05, 0) is 20.3 Å². The normalized spacial score (nSPS) is 12.9. The summed E-state index contributed by atoms with van der Waals surface area (Å²) in [5.41, 5.74) is 2.46. The highest BCUT2D eigenvalue weighted by Gasteiger charge is 2.11. The van der Waals surface area contributed by atoms with E-state index in [-0.39, 0.29) is 6.04 Å². The molecule has 5 heteroatoms. The molecule has 1 unspecified atom stereocenters. The lowest BCUT2D eigenvalue weighted by molar-refractivity contribution is 0.570. The quantitative estimate of drug-likeness (QED) is 0.902. The van der Waals surface area contributed by atoms with E-state index in [2.05, 4.69) is 36.2 Å². The number of nitrogens with zero attached hydrogens (tertiary/aromatic N) is 3. The van der Waals surface area contributed by atoms with Gasteiger partial charge < -0.3 is 5.32 Å². The van der Waals surface area contributed by atoms with Crippen LogP contribution in [0.2, 0.25) is 0 Å². The van der Waals surface area contributed by atoms with Crippen molar-refractivity contribution in [2.24, 2.45) is 7.05 Å². The van der Waals surface area contributed by atoms with Gasteiger partial charge in [0.25, 0.3) is 0 Å². The first-order valence-corrected chi connectivity index (χ1v) is 7.09. The summed E-state index contributed by atoms with van der Waals surface area (Å²) in [5.74, 6) is 0. The molecule has 2 aromatic heterocycles. The van der Waals surface area contributed by atoms with Crippen LogP contribution in [-0.4, -0.2) is 14.8 Å². The molecule has 18 heavy (non-hydrogen) atoms. The lowest BCUT2D eigenvalue weighted by atomic mass is 10.2. The second kappa shape index (κ2) is 5.63. The molecule has 2 heterocycles. The molecule has 0 bridgehead atoms. The number of thiazole rings is 1. The average Bonchev–Trinajstić information content (AvgIpc) is 2.96. The molecule has 0 fully saturated rings. The van der Waals surface area contributed by atoms with Gasteiger partial charge in [-0.2, -0.15) is 5.10 Å². The smallest absolute Gasteiger partial charge is 0.109 e. The summed E-state index contributed by atoms with van der Waals surface area (Å²) < 4.78 is 1.90. The second-order valence-corrected chi connectivity index (χ2v) is 5.65. The lowest BCUT2D eigenvalue weighted by Crippen LogP contribution is -2.18. The van der Waals surface area contributed by atoms with Crippen LogP contribution >= 0.6 is 11.3 Å². The van der Waals surface area contributed by atoms with E-state index in [4.69, 9.17) is 0 Å². The van der Waals surface area contributed by atoms with Gasteiger partial charge in [0.2, 0.25) is 0 Å². The summed E-state index contributed by atoms with van der Waals surface area (Å²) in [7, 11) is 1.97. The molecule has 0 aliphatic heterocycles. The highest BCUT2D eigenvalue weighted by Crippen LogP contribution is 2.20. The van der Waals surface area contributed by atoms with E-state index in [9.17, 15) is 0 Å². The highest BCUT2D eigenvalue weighted by molar-refractivity contribution is 7.11. The zero-order valence-corrected chi connectivity index (χ0v) is 12.2. The van der Waals surface area contributed by atoms with E-state index in [1.165, 1.54) is 16.1 Å². The third-order valence-corrected chi connectivity index (χ3v) is 4.55. The maximum absolute atomic E-state index is 4.46. The summed E-state index contributed by atoms with van der Waals surface area (Å²) >= 11 is 1.79. The summed E-state index contributed by atoms with van der Waals surface area (Å²) in [6, 6.07) is 0.287. The molecule has 0 saturated heterocycles. The summed E-state index contributed by atoms with van der Waals surface area (Å²) in [6.07, 6.45) is 4.97. The molecule has 2 rings (SSSR count). The zero-order chi connectivity index (χ0) is 13.1. The summed E-state index contributed by atoms with van der Waals surface area (Å²) in [4.78, 5) is 5.81. The molecule has 0 amide bonds. The molecule has 0 aromatic carbocycles. The van der Waals surface area contributed by atoms with Crippen LogP contribution in [0.3, 0.4) is 0 Å². The van der Waals surface area contributed by atoms with Crippen molar-refractivity contribution in [1.82, 2.24) is 20.1 Å². The molecule has 2 aromatic rings. The minimum absolute atomic E-state index is 0.287. The monoisotopic (exact) mass is 264 g/mol. The second-order valence-electron chi connectivity index (χ2n) is 4.50. The molecule has 98 valence electrons. The van der Waals surface area contributed by atoms with Gasteiger partial charge in [0.15, 0.2) is 0 Å². The average molecular weight is 264 g/mol. The number of hydrogen-bond acceptors (Lipinski definition) is 4. The molecule has 4 nitrogen and oxygen atoms in total. The van der Waals surface area contributed by atoms with Gasteiger partial charge in [0.05, 0.1) is 12.2 Å². The minimum atomic E-state index is 0.287. The SMILES string of the molecule is CCc1cnc(C(C)NCc2cnn(C)c2C)s1. The van der Waals surface area contributed by atoms with Gasteiger partial charge in [-0.1, -0.05) is 6.92 Å². The van der Waals surface area contributed by atoms with Crippen LogP contribution in [0, 0.1) is 6.92 Å². The van der Waals surface area contributed by atoms with Crippen LogP contribution in [0.4, 0.5) is 0 Å². The Kier molecular flexibility index (Phi) is 4.14. The van der Waals surface area contributed by atoms with Gasteiger partial charge in [-0.25, -0.2) is 4.98 Å². The Balaban J connectivity index is 1.95. The number of hydrogen-bond donors (Lipinski definition) is 1. The highest BCUT2D eigenvalue weighted by atomic mass is 32.1. The van der Waals surface area contributed by atoms with E-state index in [0.29, 0.717) is 0 Å². The third kappa shape index (κ3) is 2.79. The van der Waals surface area contributed by atoms with Gasteiger partial charge in [0.1, 0.15) is 5.01 Å². The maximum Gasteiger partial charge on any atom is 0.109 e. The standard InChI is InChI=1S/C13H20N4S/c1-5-12-8-15-13(18-12)9(2)14-6-11-7-16-17(4)10(11)3/h7-9,14H,5-6H2,1-4H3. The topological polar surface area (TPSA) is 42.7 Å². The Morgan fingerprint density at radius 1 is 1.44 bits per heavy atom. The van der Waals surface area contributed by atoms with Gasteiger partial charge in [-0.3, -0.25) is 4.68 Å². The number of rotatable bonds is 5. The van der Waals surface area contributed by atoms with Crippen molar-refractivity contribution in [3.8, 4) is 0 Å². The summed E-state index contributed by atoms with van der Waals surface area (Å²) in [6.45, 7) is 7.24. The van der Waals surface area contributed by atoms with Crippen molar-refractivity contribution in [3.63, 3.8) is 0 Å². The fourth-order valence-corrected chi connectivity index (χ4v) is 2.64. The van der Waals surface area contributed by atoms with Gasteiger partial charge >= 0.3 is 0 Å². The molecule has 0 spiro atoms. The molecular weight excluding hydrogens is 244 g/mol. The number of aromatic nitrogens is 3. The predicted octanol–water partition coefficient (Wildman–Crippen LogP) is 2.60. The molecule has 0 saturated carbocycles. The summed E-state index contributed by atoms with van der Waals surface area (Å²) in [5, 5.41) is 8.91. The van der Waals surface area contributed by atoms with Crippen LogP contribution in [-0.2, 0) is 20.0 Å². The first-order chi connectivity index (χ1) is 8.61. The van der Waals surface area contributed by atoms with Crippen LogP contribution in [0.15, 0.2) is 12.4 Å². The first kappa shape index (κ1) is 13.2. The molecule has 1 atom stereocenters. The van der Waals surface area contributed by atoms with Crippen molar-refractivity contribution >= 4 is 11.3 Å². The molecule has 0 aliphatic carbocycles. The maximum atomic E-state index is 4.46. The van der Waals surface area contributed by atoms with E-state index in [1.54, 1.807) is 11.3 Å². The fraction of sp³-hybridized carbons (Fsp3) is 0.538. The van der Waals surface area contributed by atoms with Crippen LogP contribution in [0.5, 0.6) is 0 Å². The Morgan fingerprint density at radius 2 is 2.22 bits per heavy atom. The molecule has 0 aliphatic rings. The van der Waals surface area contributed by atoms with Crippen molar-refractivity contribution in [2.45, 2.75) is 39.8 Å². The van der Waals surface area contributed by atoms with Crippen LogP contribution in [0.25, 0.3) is 0 Å². The van der Waals surface area contributed by atoms with E-state index in [0.717, 1.165) is 18.0 Å². The Morgan fingerprint density at radius 3 is 2.78 bits per heavy atom.